The maximum atomic E-state index is 13.1. The second-order valence-electron chi connectivity index (χ2n) is 8.11. The number of halogens is 2. The second-order valence-corrected chi connectivity index (χ2v) is 8.98. The van der Waals surface area contributed by atoms with Gasteiger partial charge in [0.25, 0.3) is 5.56 Å². The van der Waals surface area contributed by atoms with Crippen LogP contribution in [0.2, 0.25) is 10.0 Å². The van der Waals surface area contributed by atoms with E-state index >= 15 is 0 Å². The van der Waals surface area contributed by atoms with E-state index in [9.17, 15) is 4.79 Å². The standard InChI is InChI=1S/C21H26Cl2N4O/c1-13-6-4-5-7-19(13)25-11-26(18-9-16(22)8-17(23)10-18)21-24-15(3)14(2)20(28)27(21)12-25/h8-10,13,19H,4-7,11-12H2,1-3H3. The molecule has 5 nitrogen and oxygen atoms in total. The molecule has 0 spiro atoms. The summed E-state index contributed by atoms with van der Waals surface area (Å²) in [6, 6.07) is 5.94. The number of benzene rings is 1. The lowest BCUT2D eigenvalue weighted by molar-refractivity contribution is 0.0724. The average Bonchev–Trinajstić information content (AvgIpc) is 2.65. The van der Waals surface area contributed by atoms with Gasteiger partial charge < -0.3 is 0 Å². The molecule has 2 atom stereocenters. The molecule has 1 saturated carbocycles. The van der Waals surface area contributed by atoms with Crippen molar-refractivity contribution in [1.82, 2.24) is 14.5 Å². The maximum Gasteiger partial charge on any atom is 0.259 e. The summed E-state index contributed by atoms with van der Waals surface area (Å²) in [4.78, 5) is 22.3. The predicted octanol–water partition coefficient (Wildman–Crippen LogP) is 5.11. The molecular weight excluding hydrogens is 395 g/mol. The number of aryl methyl sites for hydroxylation is 1. The summed E-state index contributed by atoms with van der Waals surface area (Å²) in [6.45, 7) is 7.29. The molecule has 0 amide bonds. The smallest absolute Gasteiger partial charge is 0.259 e. The molecule has 1 aliphatic heterocycles. The number of anilines is 2. The minimum Gasteiger partial charge on any atom is -0.298 e. The Morgan fingerprint density at radius 2 is 1.71 bits per heavy atom. The van der Waals surface area contributed by atoms with Crippen LogP contribution in [-0.4, -0.2) is 27.2 Å². The molecule has 1 aromatic carbocycles. The molecule has 1 aromatic heterocycles. The van der Waals surface area contributed by atoms with Gasteiger partial charge in [-0.2, -0.15) is 0 Å². The molecule has 0 radical (unpaired) electrons. The van der Waals surface area contributed by atoms with Crippen LogP contribution in [0.5, 0.6) is 0 Å². The van der Waals surface area contributed by atoms with E-state index in [4.69, 9.17) is 28.2 Å². The van der Waals surface area contributed by atoms with E-state index in [1.54, 1.807) is 10.6 Å². The third kappa shape index (κ3) is 3.56. The molecule has 28 heavy (non-hydrogen) atoms. The zero-order valence-electron chi connectivity index (χ0n) is 16.6. The van der Waals surface area contributed by atoms with E-state index in [0.717, 1.165) is 17.8 Å². The molecule has 2 unspecified atom stereocenters. The molecule has 0 N–H and O–H groups in total. The largest absolute Gasteiger partial charge is 0.298 e. The van der Waals surface area contributed by atoms with Crippen LogP contribution >= 0.6 is 23.2 Å². The summed E-state index contributed by atoms with van der Waals surface area (Å²) in [5.74, 6) is 1.27. The molecule has 0 saturated heterocycles. The summed E-state index contributed by atoms with van der Waals surface area (Å²) in [7, 11) is 0. The fourth-order valence-corrected chi connectivity index (χ4v) is 5.00. The monoisotopic (exact) mass is 420 g/mol. The lowest BCUT2D eigenvalue weighted by atomic mass is 9.85. The number of hydrogen-bond acceptors (Lipinski definition) is 4. The first-order chi connectivity index (χ1) is 13.3. The highest BCUT2D eigenvalue weighted by Gasteiger charge is 2.34. The number of aromatic nitrogens is 2. The van der Waals surface area contributed by atoms with Crippen molar-refractivity contribution < 1.29 is 0 Å². The van der Waals surface area contributed by atoms with Crippen LogP contribution in [0.25, 0.3) is 0 Å². The maximum absolute atomic E-state index is 13.1. The van der Waals surface area contributed by atoms with Gasteiger partial charge in [-0.05, 0) is 50.8 Å². The molecule has 0 bridgehead atoms. The molecule has 4 rings (SSSR count). The van der Waals surface area contributed by atoms with Crippen LogP contribution in [0.1, 0.15) is 43.9 Å². The minimum atomic E-state index is 0.0220. The summed E-state index contributed by atoms with van der Waals surface area (Å²) < 4.78 is 1.79. The van der Waals surface area contributed by atoms with E-state index in [1.807, 2.05) is 26.0 Å². The van der Waals surface area contributed by atoms with Crippen molar-refractivity contribution in [1.29, 1.82) is 0 Å². The second kappa shape index (κ2) is 7.69. The zero-order valence-corrected chi connectivity index (χ0v) is 18.1. The van der Waals surface area contributed by atoms with Gasteiger partial charge in [0.05, 0.1) is 13.3 Å². The zero-order chi connectivity index (χ0) is 20.0. The Labute approximate surface area is 175 Å². The van der Waals surface area contributed by atoms with E-state index in [0.29, 0.717) is 46.9 Å². The summed E-state index contributed by atoms with van der Waals surface area (Å²) in [5, 5.41) is 1.15. The Hall–Kier alpha value is -1.56. The van der Waals surface area contributed by atoms with Crippen LogP contribution in [0.15, 0.2) is 23.0 Å². The van der Waals surface area contributed by atoms with Gasteiger partial charge in [0.2, 0.25) is 5.95 Å². The van der Waals surface area contributed by atoms with E-state index in [2.05, 4.69) is 16.7 Å². The highest BCUT2D eigenvalue weighted by atomic mass is 35.5. The topological polar surface area (TPSA) is 41.4 Å². The molecule has 2 aromatic rings. The van der Waals surface area contributed by atoms with Gasteiger partial charge in [-0.1, -0.05) is 43.0 Å². The fourth-order valence-electron chi connectivity index (χ4n) is 4.49. The summed E-state index contributed by atoms with van der Waals surface area (Å²) in [6.07, 6.45) is 4.92. The normalized spacial score (nSPS) is 23.0. The third-order valence-electron chi connectivity index (χ3n) is 6.20. The van der Waals surface area contributed by atoms with Crippen LogP contribution < -0.4 is 10.5 Å². The molecular formula is C21H26Cl2N4O. The van der Waals surface area contributed by atoms with Gasteiger partial charge >= 0.3 is 0 Å². The Morgan fingerprint density at radius 3 is 2.39 bits per heavy atom. The number of nitrogens with zero attached hydrogens (tertiary/aromatic N) is 4. The number of fused-ring (bicyclic) bond motifs is 1. The van der Waals surface area contributed by atoms with Crippen molar-refractivity contribution in [2.75, 3.05) is 11.6 Å². The SMILES string of the molecule is Cc1nc2n(c(=O)c1C)CN(C1CCCCC1C)CN2c1cc(Cl)cc(Cl)c1. The average molecular weight is 421 g/mol. The fraction of sp³-hybridized carbons (Fsp3) is 0.524. The Bertz CT molecular complexity index is 938. The highest BCUT2D eigenvalue weighted by Crippen LogP contribution is 2.35. The van der Waals surface area contributed by atoms with Crippen molar-refractivity contribution in [3.8, 4) is 0 Å². The first kappa shape index (κ1) is 19.7. The van der Waals surface area contributed by atoms with Gasteiger partial charge in [0.1, 0.15) is 0 Å². The summed E-state index contributed by atoms with van der Waals surface area (Å²) >= 11 is 12.6. The molecule has 150 valence electrons. The quantitative estimate of drug-likeness (QED) is 0.676. The van der Waals surface area contributed by atoms with Crippen molar-refractivity contribution in [2.24, 2.45) is 5.92 Å². The van der Waals surface area contributed by atoms with Crippen LogP contribution in [-0.2, 0) is 6.67 Å². The van der Waals surface area contributed by atoms with Crippen molar-refractivity contribution in [3.63, 3.8) is 0 Å². The van der Waals surface area contributed by atoms with E-state index < -0.39 is 0 Å². The Morgan fingerprint density at radius 1 is 1.04 bits per heavy atom. The Kier molecular flexibility index (Phi) is 5.43. The molecule has 2 aliphatic rings. The van der Waals surface area contributed by atoms with Gasteiger partial charge in [-0.15, -0.1) is 0 Å². The van der Waals surface area contributed by atoms with Crippen LogP contribution in [0.3, 0.4) is 0 Å². The van der Waals surface area contributed by atoms with Crippen LogP contribution in [0.4, 0.5) is 11.6 Å². The van der Waals surface area contributed by atoms with Gasteiger partial charge in [-0.25, -0.2) is 4.98 Å². The molecule has 2 heterocycles. The number of hydrogen-bond donors (Lipinski definition) is 0. The van der Waals surface area contributed by atoms with E-state index in [1.165, 1.54) is 19.3 Å². The van der Waals surface area contributed by atoms with Gasteiger partial charge in [0, 0.05) is 33.0 Å². The molecule has 7 heteroatoms. The van der Waals surface area contributed by atoms with Crippen LogP contribution in [0, 0.1) is 19.8 Å². The lowest BCUT2D eigenvalue weighted by Crippen LogP contribution is -2.53. The van der Waals surface area contributed by atoms with Gasteiger partial charge in [0.15, 0.2) is 0 Å². The van der Waals surface area contributed by atoms with Crippen molar-refractivity contribution in [2.45, 2.75) is 59.2 Å². The first-order valence-corrected chi connectivity index (χ1v) is 10.7. The highest BCUT2D eigenvalue weighted by molar-refractivity contribution is 6.35. The molecule has 1 aliphatic carbocycles. The summed E-state index contributed by atoms with van der Waals surface area (Å²) in [5.41, 5.74) is 2.34. The third-order valence-corrected chi connectivity index (χ3v) is 6.64. The lowest BCUT2D eigenvalue weighted by Gasteiger charge is -2.45. The Balaban J connectivity index is 1.83. The molecule has 1 fully saturated rings. The minimum absolute atomic E-state index is 0.0220. The van der Waals surface area contributed by atoms with E-state index in [-0.39, 0.29) is 5.56 Å². The predicted molar refractivity (Wildman–Crippen MR) is 115 cm³/mol. The van der Waals surface area contributed by atoms with Crippen molar-refractivity contribution in [3.05, 3.63) is 49.9 Å². The first-order valence-electron chi connectivity index (χ1n) is 9.91. The van der Waals surface area contributed by atoms with Gasteiger partial charge in [-0.3, -0.25) is 19.2 Å². The van der Waals surface area contributed by atoms with Crippen molar-refractivity contribution >= 4 is 34.8 Å². The number of rotatable bonds is 2.